The summed E-state index contributed by atoms with van der Waals surface area (Å²) in [5.74, 6) is -3.07. The second-order valence-corrected chi connectivity index (χ2v) is 6.60. The number of aromatic nitrogens is 2. The molecule has 0 saturated carbocycles. The lowest BCUT2D eigenvalue weighted by Crippen LogP contribution is -2.34. The Morgan fingerprint density at radius 1 is 1.28 bits per heavy atom. The quantitative estimate of drug-likeness (QED) is 0.520. The number of primary amides is 1. The average Bonchev–Trinajstić information content (AvgIpc) is 3.18. The number of carboxylic acid groups (broad SMARTS) is 1. The number of hydrogen-bond acceptors (Lipinski definition) is 5. The Hall–Kier alpha value is -4.47. The Balaban J connectivity index is 2.01. The first kappa shape index (κ1) is 22.2. The molecule has 0 bridgehead atoms. The summed E-state index contributed by atoms with van der Waals surface area (Å²) in [6, 6.07) is 10.7. The Morgan fingerprint density at radius 3 is 2.66 bits per heavy atom. The highest BCUT2D eigenvalue weighted by atomic mass is 19.1. The zero-order valence-electron chi connectivity index (χ0n) is 17.0. The predicted molar refractivity (Wildman–Crippen MR) is 114 cm³/mol. The van der Waals surface area contributed by atoms with Gasteiger partial charge < -0.3 is 15.6 Å². The van der Waals surface area contributed by atoms with Crippen molar-refractivity contribution in [2.45, 2.75) is 0 Å². The van der Waals surface area contributed by atoms with Crippen LogP contribution in [0.15, 0.2) is 61.3 Å². The summed E-state index contributed by atoms with van der Waals surface area (Å²) in [4.78, 5) is 35.7. The number of hydrogen-bond donors (Lipinski definition) is 2. The fourth-order valence-corrected chi connectivity index (χ4v) is 3.09. The van der Waals surface area contributed by atoms with Crippen LogP contribution in [-0.4, -0.2) is 46.3 Å². The minimum Gasteiger partial charge on any atom is -0.496 e. The van der Waals surface area contributed by atoms with Gasteiger partial charge in [0.25, 0.3) is 11.8 Å². The molecule has 1 aromatic heterocycles. The van der Waals surface area contributed by atoms with Crippen molar-refractivity contribution in [3.05, 3.63) is 72.8 Å². The smallest absolute Gasteiger partial charge is 0.323 e. The van der Waals surface area contributed by atoms with Crippen molar-refractivity contribution in [1.29, 1.82) is 0 Å². The first-order valence-electron chi connectivity index (χ1n) is 9.24. The van der Waals surface area contributed by atoms with Gasteiger partial charge in [0.2, 0.25) is 5.95 Å². The number of methoxy groups -OCH3 is 1. The molecule has 3 aromatic rings. The molecule has 0 saturated heterocycles. The first-order chi connectivity index (χ1) is 15.2. The van der Waals surface area contributed by atoms with Gasteiger partial charge in [0.05, 0.1) is 23.9 Å². The maximum Gasteiger partial charge on any atom is 0.323 e. The van der Waals surface area contributed by atoms with Crippen molar-refractivity contribution < 1.29 is 28.6 Å². The molecule has 0 aliphatic carbocycles. The van der Waals surface area contributed by atoms with Crippen molar-refractivity contribution in [2.75, 3.05) is 18.6 Å². The number of nitrogens with two attached hydrogens (primary N) is 1. The average molecular weight is 438 g/mol. The third kappa shape index (κ3) is 4.48. The van der Waals surface area contributed by atoms with Crippen LogP contribution in [0.3, 0.4) is 0 Å². The zero-order chi connectivity index (χ0) is 23.4. The number of halogens is 1. The maximum absolute atomic E-state index is 14.7. The van der Waals surface area contributed by atoms with Gasteiger partial charge >= 0.3 is 5.97 Å². The number of carboxylic acids is 1. The minimum atomic E-state index is -1.20. The van der Waals surface area contributed by atoms with Gasteiger partial charge in [-0.15, -0.1) is 5.10 Å². The fraction of sp³-hybridized carbons (Fsp3) is 0.0909. The largest absolute Gasteiger partial charge is 0.496 e. The molecular formula is C22H19FN4O5. The Bertz CT molecular complexity index is 1220. The third-order valence-corrected chi connectivity index (χ3v) is 4.59. The molecule has 0 spiro atoms. The number of carbonyl (C=O) groups is 3. The van der Waals surface area contributed by atoms with E-state index in [1.54, 1.807) is 18.2 Å². The van der Waals surface area contributed by atoms with Crippen LogP contribution in [0.25, 0.3) is 16.8 Å². The normalized spacial score (nSPS) is 10.4. The Kier molecular flexibility index (Phi) is 6.34. The molecule has 0 fully saturated rings. The molecule has 10 heteroatoms. The van der Waals surface area contributed by atoms with E-state index in [0.29, 0.717) is 11.3 Å². The number of aliphatic carboxylic acids is 1. The topological polar surface area (TPSA) is 128 Å². The van der Waals surface area contributed by atoms with Crippen molar-refractivity contribution in [1.82, 2.24) is 9.78 Å². The van der Waals surface area contributed by atoms with E-state index in [1.807, 2.05) is 0 Å². The van der Waals surface area contributed by atoms with E-state index in [1.165, 1.54) is 42.3 Å². The number of rotatable bonds is 8. The van der Waals surface area contributed by atoms with Crippen LogP contribution in [0, 0.1) is 5.95 Å². The molecule has 164 valence electrons. The molecule has 3 rings (SSSR count). The van der Waals surface area contributed by atoms with Gasteiger partial charge in [-0.05, 0) is 42.0 Å². The molecule has 0 aliphatic heterocycles. The number of ether oxygens (including phenoxy) is 1. The molecule has 2 aromatic carbocycles. The summed E-state index contributed by atoms with van der Waals surface area (Å²) in [6.07, 6.45) is 2.43. The van der Waals surface area contributed by atoms with E-state index in [4.69, 9.17) is 15.6 Å². The first-order valence-corrected chi connectivity index (χ1v) is 9.24. The highest BCUT2D eigenvalue weighted by Crippen LogP contribution is 2.30. The van der Waals surface area contributed by atoms with Gasteiger partial charge in [0.15, 0.2) is 0 Å². The van der Waals surface area contributed by atoms with Gasteiger partial charge in [-0.3, -0.25) is 19.3 Å². The number of benzene rings is 2. The molecule has 0 unspecified atom stereocenters. The number of nitrogens with zero attached hydrogens (tertiary/aromatic N) is 3. The van der Waals surface area contributed by atoms with Crippen molar-refractivity contribution in [2.24, 2.45) is 5.73 Å². The molecule has 2 amide bonds. The zero-order valence-corrected chi connectivity index (χ0v) is 17.0. The molecule has 0 radical (unpaired) electrons. The minimum absolute atomic E-state index is 0.134. The summed E-state index contributed by atoms with van der Waals surface area (Å²) in [5, 5.41) is 13.0. The van der Waals surface area contributed by atoms with Gasteiger partial charge in [0, 0.05) is 11.9 Å². The maximum atomic E-state index is 14.7. The summed E-state index contributed by atoms with van der Waals surface area (Å²) in [6.45, 7) is 2.81. The second-order valence-electron chi connectivity index (χ2n) is 6.60. The highest BCUT2D eigenvalue weighted by Gasteiger charge is 2.19. The van der Waals surface area contributed by atoms with E-state index in [-0.39, 0.29) is 22.6 Å². The monoisotopic (exact) mass is 438 g/mol. The summed E-state index contributed by atoms with van der Waals surface area (Å²) >= 11 is 0. The molecule has 3 N–H and O–H groups in total. The van der Waals surface area contributed by atoms with Crippen LogP contribution >= 0.6 is 0 Å². The van der Waals surface area contributed by atoms with E-state index >= 15 is 0 Å². The van der Waals surface area contributed by atoms with Gasteiger partial charge in [-0.1, -0.05) is 18.7 Å². The number of anilines is 1. The second kappa shape index (κ2) is 9.13. The lowest BCUT2D eigenvalue weighted by Gasteiger charge is -2.19. The van der Waals surface area contributed by atoms with Crippen LogP contribution < -0.4 is 15.4 Å². The van der Waals surface area contributed by atoms with Gasteiger partial charge in [-0.2, -0.15) is 4.39 Å². The molecule has 0 atom stereocenters. The van der Waals surface area contributed by atoms with Crippen LogP contribution in [0.4, 0.5) is 10.1 Å². The van der Waals surface area contributed by atoms with Crippen molar-refractivity contribution in [3.63, 3.8) is 0 Å². The Morgan fingerprint density at radius 2 is 2.03 bits per heavy atom. The predicted octanol–water partition coefficient (Wildman–Crippen LogP) is 2.39. The lowest BCUT2D eigenvalue weighted by molar-refractivity contribution is -0.136. The van der Waals surface area contributed by atoms with Crippen LogP contribution in [0.1, 0.15) is 10.4 Å². The summed E-state index contributed by atoms with van der Waals surface area (Å²) in [5.41, 5.74) is 6.67. The molecule has 0 aliphatic rings. The molecule has 9 nitrogen and oxygen atoms in total. The standard InChI is InChI=1S/C22H19FN4O5/c1-3-19(28)26(12-20(29)30)14-5-4-6-15(10-14)27-11-17(21(23)25-27)13-7-8-16(22(24)31)18(9-13)32-2/h3-11H,1,12H2,2H3,(H2,24,31)(H,29,30). The SMILES string of the molecule is C=CC(=O)N(CC(=O)O)c1cccc(-n2cc(-c3ccc(C(N)=O)c(OC)c3)c(F)n2)c1. The fourth-order valence-electron chi connectivity index (χ4n) is 3.09. The van der Waals surface area contributed by atoms with E-state index in [0.717, 1.165) is 11.0 Å². The van der Waals surface area contributed by atoms with Crippen LogP contribution in [0.2, 0.25) is 0 Å². The number of amides is 2. The van der Waals surface area contributed by atoms with Crippen LogP contribution in [0.5, 0.6) is 5.75 Å². The van der Waals surface area contributed by atoms with Crippen LogP contribution in [-0.2, 0) is 9.59 Å². The summed E-state index contributed by atoms with van der Waals surface area (Å²) < 4.78 is 21.1. The van der Waals surface area contributed by atoms with Crippen molar-refractivity contribution in [3.8, 4) is 22.6 Å². The molecule has 32 heavy (non-hydrogen) atoms. The lowest BCUT2D eigenvalue weighted by atomic mass is 10.1. The number of carbonyl (C=O) groups excluding carboxylic acids is 2. The van der Waals surface area contributed by atoms with Gasteiger partial charge in [-0.25, -0.2) is 4.68 Å². The van der Waals surface area contributed by atoms with E-state index < -0.39 is 30.3 Å². The molecule has 1 heterocycles. The van der Waals surface area contributed by atoms with E-state index in [9.17, 15) is 18.8 Å². The highest BCUT2D eigenvalue weighted by molar-refractivity contribution is 6.04. The summed E-state index contributed by atoms with van der Waals surface area (Å²) in [7, 11) is 1.37. The molecular weight excluding hydrogens is 419 g/mol. The van der Waals surface area contributed by atoms with Gasteiger partial charge in [0.1, 0.15) is 12.3 Å². The van der Waals surface area contributed by atoms with Crippen molar-refractivity contribution >= 4 is 23.5 Å². The Labute approximate surface area is 182 Å². The van der Waals surface area contributed by atoms with E-state index in [2.05, 4.69) is 11.7 Å². The third-order valence-electron chi connectivity index (χ3n) is 4.59.